The zero-order valence-electron chi connectivity index (χ0n) is 13.9. The van der Waals surface area contributed by atoms with Crippen molar-refractivity contribution < 1.29 is 14.3 Å². The first-order valence-electron chi connectivity index (χ1n) is 7.63. The highest BCUT2D eigenvalue weighted by Crippen LogP contribution is 2.22. The quantitative estimate of drug-likeness (QED) is 0.800. The average molecular weight is 320 g/mol. The van der Waals surface area contributed by atoms with E-state index < -0.39 is 0 Å². The van der Waals surface area contributed by atoms with Gasteiger partial charge >= 0.3 is 6.03 Å². The summed E-state index contributed by atoms with van der Waals surface area (Å²) in [5, 5.41) is 2.82. The summed E-state index contributed by atoms with van der Waals surface area (Å²) < 4.78 is 5.12. The maximum Gasteiger partial charge on any atom is 0.325 e. The minimum atomic E-state index is -0.141. The molecule has 0 saturated carbocycles. The molecule has 0 unspecified atom stereocenters. The lowest BCUT2D eigenvalue weighted by molar-refractivity contribution is -0.121. The topological polar surface area (TPSA) is 65.1 Å². The standard InChI is InChI=1S/C16H24N4O3/c1-18(2)9-8-17-15(21)12-19-10-11-20(16(19)22)13-4-6-14(23-3)7-5-13/h4-7H,8-12H2,1-3H3,(H,17,21). The third kappa shape index (κ3) is 4.59. The molecule has 1 aliphatic heterocycles. The van der Waals surface area contributed by atoms with E-state index in [4.69, 9.17) is 4.74 Å². The van der Waals surface area contributed by atoms with Gasteiger partial charge in [-0.1, -0.05) is 0 Å². The second-order valence-electron chi connectivity index (χ2n) is 5.71. The average Bonchev–Trinajstić information content (AvgIpc) is 2.88. The number of methoxy groups -OCH3 is 1. The molecule has 126 valence electrons. The third-order valence-corrected chi connectivity index (χ3v) is 3.69. The third-order valence-electron chi connectivity index (χ3n) is 3.69. The number of anilines is 1. The summed E-state index contributed by atoms with van der Waals surface area (Å²) in [6.45, 7) is 2.58. The van der Waals surface area contributed by atoms with E-state index in [0.717, 1.165) is 18.0 Å². The van der Waals surface area contributed by atoms with E-state index in [-0.39, 0.29) is 18.5 Å². The van der Waals surface area contributed by atoms with Gasteiger partial charge in [0.1, 0.15) is 12.3 Å². The van der Waals surface area contributed by atoms with E-state index >= 15 is 0 Å². The zero-order chi connectivity index (χ0) is 16.8. The number of urea groups is 1. The molecule has 1 N–H and O–H groups in total. The summed E-state index contributed by atoms with van der Waals surface area (Å²) in [4.78, 5) is 29.5. The van der Waals surface area contributed by atoms with Gasteiger partial charge in [-0.3, -0.25) is 9.69 Å². The number of rotatable bonds is 7. The van der Waals surface area contributed by atoms with Crippen molar-refractivity contribution in [3.63, 3.8) is 0 Å². The molecule has 1 saturated heterocycles. The number of hydrogen-bond donors (Lipinski definition) is 1. The highest BCUT2D eigenvalue weighted by molar-refractivity contribution is 5.96. The van der Waals surface area contributed by atoms with E-state index in [1.165, 1.54) is 0 Å². The van der Waals surface area contributed by atoms with Crippen molar-refractivity contribution in [2.45, 2.75) is 0 Å². The van der Waals surface area contributed by atoms with Crippen LogP contribution in [0.5, 0.6) is 5.75 Å². The molecule has 7 heteroatoms. The van der Waals surface area contributed by atoms with Gasteiger partial charge in [0.2, 0.25) is 5.91 Å². The minimum Gasteiger partial charge on any atom is -0.497 e. The molecule has 3 amide bonds. The van der Waals surface area contributed by atoms with Gasteiger partial charge in [-0.2, -0.15) is 0 Å². The van der Waals surface area contributed by atoms with Gasteiger partial charge in [0, 0.05) is 31.9 Å². The van der Waals surface area contributed by atoms with E-state index in [1.807, 2.05) is 43.3 Å². The molecule has 1 heterocycles. The van der Waals surface area contributed by atoms with Crippen LogP contribution in [-0.4, -0.2) is 75.7 Å². The molecule has 1 aromatic rings. The molecule has 0 aliphatic carbocycles. The van der Waals surface area contributed by atoms with Gasteiger partial charge in [0.05, 0.1) is 7.11 Å². The Morgan fingerprint density at radius 3 is 2.57 bits per heavy atom. The van der Waals surface area contributed by atoms with Crippen molar-refractivity contribution in [2.75, 3.05) is 58.8 Å². The summed E-state index contributed by atoms with van der Waals surface area (Å²) in [7, 11) is 5.50. The lowest BCUT2D eigenvalue weighted by Crippen LogP contribution is -2.41. The number of hydrogen-bond acceptors (Lipinski definition) is 4. The fraction of sp³-hybridized carbons (Fsp3) is 0.500. The molecular weight excluding hydrogens is 296 g/mol. The Hall–Kier alpha value is -2.28. The first-order chi connectivity index (χ1) is 11.0. The Morgan fingerprint density at radius 1 is 1.26 bits per heavy atom. The number of carbonyl (C=O) groups is 2. The van der Waals surface area contributed by atoms with Gasteiger partial charge < -0.3 is 19.9 Å². The Labute approximate surface area is 136 Å². The van der Waals surface area contributed by atoms with Gasteiger partial charge in [0.15, 0.2) is 0 Å². The van der Waals surface area contributed by atoms with Crippen LogP contribution in [0.15, 0.2) is 24.3 Å². The number of nitrogens with zero attached hydrogens (tertiary/aromatic N) is 3. The molecule has 0 aromatic heterocycles. The summed E-state index contributed by atoms with van der Waals surface area (Å²) in [6, 6.07) is 7.19. The van der Waals surface area contributed by atoms with Crippen LogP contribution in [0.4, 0.5) is 10.5 Å². The van der Waals surface area contributed by atoms with Gasteiger partial charge in [-0.05, 0) is 38.4 Å². The van der Waals surface area contributed by atoms with Crippen LogP contribution in [0.2, 0.25) is 0 Å². The van der Waals surface area contributed by atoms with Crippen LogP contribution in [0.3, 0.4) is 0 Å². The summed E-state index contributed by atoms with van der Waals surface area (Å²) in [5.41, 5.74) is 0.811. The minimum absolute atomic E-state index is 0.0961. The maximum absolute atomic E-state index is 12.4. The van der Waals surface area contributed by atoms with E-state index in [2.05, 4.69) is 5.32 Å². The van der Waals surface area contributed by atoms with Crippen LogP contribution in [0.1, 0.15) is 0 Å². The first-order valence-corrected chi connectivity index (χ1v) is 7.63. The number of likely N-dealkylation sites (N-methyl/N-ethyl adjacent to an activating group) is 1. The maximum atomic E-state index is 12.4. The van der Waals surface area contributed by atoms with Crippen LogP contribution in [-0.2, 0) is 4.79 Å². The molecule has 1 aromatic carbocycles. The van der Waals surface area contributed by atoms with Crippen molar-refractivity contribution in [1.82, 2.24) is 15.1 Å². The monoisotopic (exact) mass is 320 g/mol. The Bertz CT molecular complexity index is 545. The highest BCUT2D eigenvalue weighted by Gasteiger charge is 2.30. The number of nitrogens with one attached hydrogen (secondary N) is 1. The molecule has 1 aliphatic rings. The van der Waals surface area contributed by atoms with Crippen molar-refractivity contribution in [3.05, 3.63) is 24.3 Å². The fourth-order valence-electron chi connectivity index (χ4n) is 2.38. The number of benzene rings is 1. The van der Waals surface area contributed by atoms with Crippen molar-refractivity contribution >= 4 is 17.6 Å². The molecular formula is C16H24N4O3. The lowest BCUT2D eigenvalue weighted by atomic mass is 10.3. The molecule has 7 nitrogen and oxygen atoms in total. The van der Waals surface area contributed by atoms with Crippen LogP contribution >= 0.6 is 0 Å². The van der Waals surface area contributed by atoms with Crippen molar-refractivity contribution in [2.24, 2.45) is 0 Å². The molecule has 1 fully saturated rings. The molecule has 0 radical (unpaired) electrons. The summed E-state index contributed by atoms with van der Waals surface area (Å²) in [6.07, 6.45) is 0. The van der Waals surface area contributed by atoms with Crippen LogP contribution in [0, 0.1) is 0 Å². The largest absolute Gasteiger partial charge is 0.497 e. The zero-order valence-corrected chi connectivity index (χ0v) is 13.9. The van der Waals surface area contributed by atoms with E-state index in [1.54, 1.807) is 16.9 Å². The molecule has 0 bridgehead atoms. The molecule has 0 atom stereocenters. The normalized spacial score (nSPS) is 14.5. The van der Waals surface area contributed by atoms with Crippen LogP contribution < -0.4 is 15.0 Å². The second kappa shape index (κ2) is 7.82. The Kier molecular flexibility index (Phi) is 5.81. The summed E-state index contributed by atoms with van der Waals surface area (Å²) >= 11 is 0. The Balaban J connectivity index is 1.87. The summed E-state index contributed by atoms with van der Waals surface area (Å²) in [5.74, 6) is 0.620. The molecule has 23 heavy (non-hydrogen) atoms. The molecule has 2 rings (SSSR count). The number of carbonyl (C=O) groups excluding carboxylic acids is 2. The Morgan fingerprint density at radius 2 is 1.96 bits per heavy atom. The second-order valence-corrected chi connectivity index (χ2v) is 5.71. The number of ether oxygens (including phenoxy) is 1. The van der Waals surface area contributed by atoms with Gasteiger partial charge in [0.25, 0.3) is 0 Å². The van der Waals surface area contributed by atoms with E-state index in [0.29, 0.717) is 19.6 Å². The highest BCUT2D eigenvalue weighted by atomic mass is 16.5. The van der Waals surface area contributed by atoms with E-state index in [9.17, 15) is 9.59 Å². The van der Waals surface area contributed by atoms with Crippen molar-refractivity contribution in [3.8, 4) is 5.75 Å². The van der Waals surface area contributed by atoms with Gasteiger partial charge in [-0.15, -0.1) is 0 Å². The predicted molar refractivity (Wildman–Crippen MR) is 88.9 cm³/mol. The van der Waals surface area contributed by atoms with Crippen molar-refractivity contribution in [1.29, 1.82) is 0 Å². The first kappa shape index (κ1) is 17.1. The molecule has 0 spiro atoms. The smallest absolute Gasteiger partial charge is 0.325 e. The lowest BCUT2D eigenvalue weighted by Gasteiger charge is -2.19. The SMILES string of the molecule is COc1ccc(N2CCN(CC(=O)NCCN(C)C)C2=O)cc1. The van der Waals surface area contributed by atoms with Crippen LogP contribution in [0.25, 0.3) is 0 Å². The van der Waals surface area contributed by atoms with Gasteiger partial charge in [-0.25, -0.2) is 4.79 Å². The number of amides is 3. The fourth-order valence-corrected chi connectivity index (χ4v) is 2.38. The predicted octanol–water partition coefficient (Wildman–Crippen LogP) is 0.615.